The number of nitrogens with zero attached hydrogens (tertiary/aromatic N) is 5. The molecule has 0 bridgehead atoms. The van der Waals surface area contributed by atoms with Crippen LogP contribution in [0, 0.1) is 21.4 Å². The highest BCUT2D eigenvalue weighted by atomic mass is 16.6. The molecule has 144 valence electrons. The molecule has 0 atom stereocenters. The molecule has 2 heterocycles. The first-order valence-electron chi connectivity index (χ1n) is 8.81. The fraction of sp³-hybridized carbons (Fsp3) is 0.150. The minimum Gasteiger partial charge on any atom is -0.494 e. The Morgan fingerprint density at radius 3 is 2.83 bits per heavy atom. The number of fused-ring (bicyclic) bond motifs is 3. The van der Waals surface area contributed by atoms with Crippen molar-refractivity contribution in [2.75, 3.05) is 6.61 Å². The minimum atomic E-state index is -0.487. The van der Waals surface area contributed by atoms with E-state index in [1.807, 2.05) is 31.2 Å². The summed E-state index contributed by atoms with van der Waals surface area (Å²) in [5, 5.41) is 29.1. The standard InChI is InChI=1S/C20H15N5O4/c1-2-28-16-6-3-13(4-7-16)9-14(11-21)20-23-22-19-12-29-18-8-5-15(25(26)27)10-17(18)24(19)20/h3-10H,2,12H2,1H3/b14-9+. The first kappa shape index (κ1) is 18.2. The lowest BCUT2D eigenvalue weighted by Gasteiger charge is -2.19. The van der Waals surface area contributed by atoms with Crippen molar-refractivity contribution in [1.29, 1.82) is 5.26 Å². The molecule has 0 fully saturated rings. The van der Waals surface area contributed by atoms with Gasteiger partial charge in [-0.1, -0.05) is 12.1 Å². The average Bonchev–Trinajstić information content (AvgIpc) is 3.17. The molecule has 0 spiro atoms. The predicted octanol–water partition coefficient (Wildman–Crippen LogP) is 3.53. The van der Waals surface area contributed by atoms with Crippen LogP contribution in [-0.4, -0.2) is 26.3 Å². The molecule has 1 aromatic heterocycles. The van der Waals surface area contributed by atoms with E-state index in [2.05, 4.69) is 16.3 Å². The number of hydrogen-bond acceptors (Lipinski definition) is 7. The van der Waals surface area contributed by atoms with Gasteiger partial charge in [-0.3, -0.25) is 14.7 Å². The lowest BCUT2D eigenvalue weighted by molar-refractivity contribution is -0.384. The molecule has 0 aliphatic carbocycles. The smallest absolute Gasteiger partial charge is 0.271 e. The fourth-order valence-electron chi connectivity index (χ4n) is 3.04. The number of non-ortho nitro benzene ring substituents is 1. The van der Waals surface area contributed by atoms with E-state index >= 15 is 0 Å². The van der Waals surface area contributed by atoms with Crippen LogP contribution in [0.3, 0.4) is 0 Å². The second kappa shape index (κ2) is 7.44. The minimum absolute atomic E-state index is 0.0890. The Morgan fingerprint density at radius 2 is 2.14 bits per heavy atom. The molecule has 0 amide bonds. The highest BCUT2D eigenvalue weighted by Gasteiger charge is 2.26. The molecule has 0 radical (unpaired) electrons. The number of rotatable bonds is 5. The highest BCUT2D eigenvalue weighted by Crippen LogP contribution is 2.34. The summed E-state index contributed by atoms with van der Waals surface area (Å²) in [5.41, 5.74) is 1.39. The van der Waals surface area contributed by atoms with Gasteiger partial charge in [0.2, 0.25) is 0 Å². The molecule has 1 aliphatic heterocycles. The molecule has 1 aliphatic rings. The molecule has 4 rings (SSSR count). The largest absolute Gasteiger partial charge is 0.494 e. The molecule has 2 aromatic carbocycles. The topological polar surface area (TPSA) is 116 Å². The Labute approximate surface area is 165 Å². The van der Waals surface area contributed by atoms with E-state index in [4.69, 9.17) is 9.47 Å². The summed E-state index contributed by atoms with van der Waals surface area (Å²) < 4.78 is 12.7. The first-order chi connectivity index (χ1) is 14.1. The second-order valence-electron chi connectivity index (χ2n) is 6.14. The Balaban J connectivity index is 1.79. The molecule has 29 heavy (non-hydrogen) atoms. The van der Waals surface area contributed by atoms with Gasteiger partial charge in [0, 0.05) is 12.1 Å². The normalized spacial score (nSPS) is 12.3. The Kier molecular flexibility index (Phi) is 4.66. The van der Waals surface area contributed by atoms with Crippen molar-refractivity contribution in [2.24, 2.45) is 0 Å². The number of allylic oxidation sites excluding steroid dienone is 1. The lowest BCUT2D eigenvalue weighted by atomic mass is 10.1. The first-order valence-corrected chi connectivity index (χ1v) is 8.81. The van der Waals surface area contributed by atoms with Crippen LogP contribution in [0.1, 0.15) is 24.1 Å². The van der Waals surface area contributed by atoms with Gasteiger partial charge in [-0.15, -0.1) is 10.2 Å². The van der Waals surface area contributed by atoms with Crippen molar-refractivity contribution in [3.05, 3.63) is 69.8 Å². The van der Waals surface area contributed by atoms with E-state index in [0.717, 1.165) is 11.3 Å². The quantitative estimate of drug-likeness (QED) is 0.372. The number of benzene rings is 2. The molecule has 3 aromatic rings. The number of nitriles is 1. The van der Waals surface area contributed by atoms with Gasteiger partial charge in [0.25, 0.3) is 5.69 Å². The molecule has 0 unspecified atom stereocenters. The zero-order valence-corrected chi connectivity index (χ0v) is 15.4. The van der Waals surface area contributed by atoms with Gasteiger partial charge in [0.05, 0.1) is 22.8 Å². The zero-order chi connectivity index (χ0) is 20.4. The summed E-state index contributed by atoms with van der Waals surface area (Å²) in [4.78, 5) is 10.7. The van der Waals surface area contributed by atoms with E-state index < -0.39 is 4.92 Å². The van der Waals surface area contributed by atoms with Crippen molar-refractivity contribution >= 4 is 17.3 Å². The molecule has 0 saturated carbocycles. The van der Waals surface area contributed by atoms with Crippen LogP contribution in [-0.2, 0) is 6.61 Å². The predicted molar refractivity (Wildman–Crippen MR) is 103 cm³/mol. The summed E-state index contributed by atoms with van der Waals surface area (Å²) >= 11 is 0. The van der Waals surface area contributed by atoms with Gasteiger partial charge in [-0.2, -0.15) is 5.26 Å². The monoisotopic (exact) mass is 389 g/mol. The van der Waals surface area contributed by atoms with Crippen molar-refractivity contribution < 1.29 is 14.4 Å². The van der Waals surface area contributed by atoms with Gasteiger partial charge in [-0.05, 0) is 36.8 Å². The molecule has 0 saturated heterocycles. The van der Waals surface area contributed by atoms with Crippen LogP contribution in [0.2, 0.25) is 0 Å². The maximum atomic E-state index is 11.2. The SMILES string of the molecule is CCOc1ccc(/C=C(\C#N)c2nnc3n2-c2cc([N+](=O)[O-])ccc2OC3)cc1. The summed E-state index contributed by atoms with van der Waals surface area (Å²) in [6.07, 6.45) is 1.68. The third-order valence-electron chi connectivity index (χ3n) is 4.34. The van der Waals surface area contributed by atoms with E-state index in [9.17, 15) is 15.4 Å². The summed E-state index contributed by atoms with van der Waals surface area (Å²) in [6, 6.07) is 13.7. The second-order valence-corrected chi connectivity index (χ2v) is 6.14. The van der Waals surface area contributed by atoms with Crippen LogP contribution in [0.15, 0.2) is 42.5 Å². The molecular weight excluding hydrogens is 374 g/mol. The summed E-state index contributed by atoms with van der Waals surface area (Å²) in [6.45, 7) is 2.62. The number of ether oxygens (including phenoxy) is 2. The highest BCUT2D eigenvalue weighted by molar-refractivity contribution is 5.88. The van der Waals surface area contributed by atoms with Crippen molar-refractivity contribution in [1.82, 2.24) is 14.8 Å². The molecular formula is C20H15N5O4. The van der Waals surface area contributed by atoms with Gasteiger partial charge in [-0.25, -0.2) is 0 Å². The van der Waals surface area contributed by atoms with Crippen LogP contribution >= 0.6 is 0 Å². The van der Waals surface area contributed by atoms with Crippen molar-refractivity contribution in [3.63, 3.8) is 0 Å². The number of nitro benzene ring substituents is 1. The van der Waals surface area contributed by atoms with Crippen LogP contribution in [0.25, 0.3) is 17.3 Å². The Hall–Kier alpha value is -4.19. The van der Waals surface area contributed by atoms with Crippen molar-refractivity contribution in [2.45, 2.75) is 13.5 Å². The average molecular weight is 389 g/mol. The Morgan fingerprint density at radius 1 is 1.34 bits per heavy atom. The van der Waals surface area contributed by atoms with Gasteiger partial charge >= 0.3 is 0 Å². The lowest BCUT2D eigenvalue weighted by Crippen LogP contribution is -2.15. The molecule has 9 nitrogen and oxygen atoms in total. The Bertz CT molecular complexity index is 1160. The third kappa shape index (κ3) is 3.39. The summed E-state index contributed by atoms with van der Waals surface area (Å²) in [7, 11) is 0. The summed E-state index contributed by atoms with van der Waals surface area (Å²) in [5.74, 6) is 1.95. The van der Waals surface area contributed by atoms with Crippen LogP contribution in [0.4, 0.5) is 5.69 Å². The number of aromatic nitrogens is 3. The fourth-order valence-corrected chi connectivity index (χ4v) is 3.04. The van der Waals surface area contributed by atoms with E-state index in [1.165, 1.54) is 18.2 Å². The molecule has 0 N–H and O–H groups in total. The van der Waals surface area contributed by atoms with Crippen LogP contribution in [0.5, 0.6) is 11.5 Å². The maximum absolute atomic E-state index is 11.2. The number of nitro groups is 1. The maximum Gasteiger partial charge on any atom is 0.271 e. The van der Waals surface area contributed by atoms with E-state index in [-0.39, 0.29) is 17.9 Å². The number of hydrogen-bond donors (Lipinski definition) is 0. The van der Waals surface area contributed by atoms with Gasteiger partial charge in [0.15, 0.2) is 11.6 Å². The van der Waals surface area contributed by atoms with E-state index in [0.29, 0.717) is 29.7 Å². The molecule has 9 heteroatoms. The van der Waals surface area contributed by atoms with Crippen molar-refractivity contribution in [3.8, 4) is 23.3 Å². The zero-order valence-electron chi connectivity index (χ0n) is 15.4. The van der Waals surface area contributed by atoms with E-state index in [1.54, 1.807) is 10.6 Å². The van der Waals surface area contributed by atoms with Crippen LogP contribution < -0.4 is 9.47 Å². The van der Waals surface area contributed by atoms with Gasteiger partial charge < -0.3 is 9.47 Å². The van der Waals surface area contributed by atoms with Gasteiger partial charge in [0.1, 0.15) is 24.2 Å². The third-order valence-corrected chi connectivity index (χ3v) is 4.34.